The van der Waals surface area contributed by atoms with Crippen LogP contribution < -0.4 is 4.74 Å². The van der Waals surface area contributed by atoms with Crippen LogP contribution in [0.2, 0.25) is 15.1 Å². The van der Waals surface area contributed by atoms with E-state index < -0.39 is 12.1 Å². The highest BCUT2D eigenvalue weighted by Gasteiger charge is 2.45. The number of hydrogen-bond donors (Lipinski definition) is 0. The zero-order valence-electron chi connectivity index (χ0n) is 27.8. The van der Waals surface area contributed by atoms with Crippen molar-refractivity contribution in [1.29, 1.82) is 0 Å². The average Bonchev–Trinajstić information content (AvgIpc) is 3.42. The summed E-state index contributed by atoms with van der Waals surface area (Å²) in [6, 6.07) is 17.8. The Bertz CT molecular complexity index is 1630. The number of urea groups is 1. The van der Waals surface area contributed by atoms with E-state index in [2.05, 4.69) is 25.7 Å². The SMILES string of the molecule is CCOc1cc(C(C)(C)C)c(Cl)cc1C1=N[C@@H](c2ccc(Cl)cc2)[C@@H](c2ccc(Cl)cc2)N1C(=O)N1CCN(CC(=O)N(C)C)CC1. The molecule has 0 radical (unpaired) electrons. The molecule has 0 saturated carbocycles. The topological polar surface area (TPSA) is 68.7 Å². The first-order valence-electron chi connectivity index (χ1n) is 15.8. The average molecular weight is 699 g/mol. The maximum absolute atomic E-state index is 14.8. The standard InChI is InChI=1S/C36H42Cl3N5O3/c1-7-47-30-21-28(36(2,3)4)29(39)20-27(30)34-40-32(23-8-12-25(37)13-9-23)33(24-10-14-26(38)15-11-24)44(34)35(46)43-18-16-42(17-19-43)22-31(45)41(5)6/h8-15,20-21,32-33H,7,16-19,22H2,1-6H3/t32-,33+/m0/s1. The zero-order chi connectivity index (χ0) is 34.0. The lowest BCUT2D eigenvalue weighted by atomic mass is 9.86. The Morgan fingerprint density at radius 1 is 0.894 bits per heavy atom. The fourth-order valence-electron chi connectivity index (χ4n) is 6.01. The molecule has 5 rings (SSSR count). The molecular weight excluding hydrogens is 657 g/mol. The number of hydrogen-bond acceptors (Lipinski definition) is 5. The Morgan fingerprint density at radius 3 is 2.00 bits per heavy atom. The van der Waals surface area contributed by atoms with Crippen LogP contribution in [0.25, 0.3) is 0 Å². The Kier molecular flexibility index (Phi) is 10.8. The number of nitrogens with zero attached hydrogens (tertiary/aromatic N) is 5. The van der Waals surface area contributed by atoms with Gasteiger partial charge in [0.2, 0.25) is 5.91 Å². The number of likely N-dealkylation sites (N-methyl/N-ethyl adjacent to an activating group) is 1. The molecule has 11 heteroatoms. The van der Waals surface area contributed by atoms with Gasteiger partial charge in [-0.05, 0) is 65.4 Å². The second kappa shape index (κ2) is 14.4. The van der Waals surface area contributed by atoms with E-state index in [0.717, 1.165) is 16.7 Å². The molecular formula is C36H42Cl3N5O3. The van der Waals surface area contributed by atoms with E-state index in [1.54, 1.807) is 23.9 Å². The van der Waals surface area contributed by atoms with E-state index in [0.29, 0.717) is 71.5 Å². The molecule has 1 saturated heterocycles. The van der Waals surface area contributed by atoms with Gasteiger partial charge in [0.15, 0.2) is 0 Å². The molecule has 2 aliphatic heterocycles. The highest BCUT2D eigenvalue weighted by Crippen LogP contribution is 2.46. The number of benzene rings is 3. The summed E-state index contributed by atoms with van der Waals surface area (Å²) in [5.74, 6) is 1.12. The molecule has 3 amide bonds. The third-order valence-electron chi connectivity index (χ3n) is 8.61. The molecule has 0 N–H and O–H groups in total. The molecule has 1 fully saturated rings. The molecule has 0 unspecified atom stereocenters. The summed E-state index contributed by atoms with van der Waals surface area (Å²) in [5, 5.41) is 1.78. The summed E-state index contributed by atoms with van der Waals surface area (Å²) < 4.78 is 6.23. The summed E-state index contributed by atoms with van der Waals surface area (Å²) in [6.07, 6.45) is 0. The van der Waals surface area contributed by atoms with Gasteiger partial charge in [-0.25, -0.2) is 4.79 Å². The van der Waals surface area contributed by atoms with Crippen molar-refractivity contribution in [3.05, 3.63) is 98.0 Å². The lowest BCUT2D eigenvalue weighted by Crippen LogP contribution is -2.55. The number of piperazine rings is 1. The number of halogens is 3. The van der Waals surface area contributed by atoms with E-state index in [1.807, 2.05) is 72.5 Å². The summed E-state index contributed by atoms with van der Waals surface area (Å²) in [6.45, 7) is 11.1. The van der Waals surface area contributed by atoms with Crippen molar-refractivity contribution in [3.63, 3.8) is 0 Å². The minimum absolute atomic E-state index is 0.0337. The first kappa shape index (κ1) is 35.0. The molecule has 0 aliphatic carbocycles. The quantitative estimate of drug-likeness (QED) is 0.254. The van der Waals surface area contributed by atoms with Crippen LogP contribution in [0.1, 0.15) is 62.0 Å². The molecule has 2 heterocycles. The largest absolute Gasteiger partial charge is 0.493 e. The zero-order valence-corrected chi connectivity index (χ0v) is 30.0. The van der Waals surface area contributed by atoms with Gasteiger partial charge in [-0.15, -0.1) is 0 Å². The first-order chi connectivity index (χ1) is 22.3. The second-order valence-electron chi connectivity index (χ2n) is 13.2. The van der Waals surface area contributed by atoms with E-state index in [4.69, 9.17) is 44.5 Å². The van der Waals surface area contributed by atoms with Crippen LogP contribution in [0.15, 0.2) is 65.7 Å². The molecule has 0 aromatic heterocycles. The van der Waals surface area contributed by atoms with Gasteiger partial charge in [0.25, 0.3) is 0 Å². The van der Waals surface area contributed by atoms with E-state index in [9.17, 15) is 9.59 Å². The maximum atomic E-state index is 14.8. The van der Waals surface area contributed by atoms with Crippen molar-refractivity contribution in [3.8, 4) is 5.75 Å². The molecule has 2 atom stereocenters. The van der Waals surface area contributed by atoms with Crippen LogP contribution in [-0.2, 0) is 10.2 Å². The number of carbonyl (C=O) groups is 2. The maximum Gasteiger partial charge on any atom is 0.326 e. The molecule has 0 bridgehead atoms. The van der Waals surface area contributed by atoms with Crippen molar-refractivity contribution >= 4 is 52.6 Å². The highest BCUT2D eigenvalue weighted by molar-refractivity contribution is 6.32. The van der Waals surface area contributed by atoms with E-state index in [-0.39, 0.29) is 17.4 Å². The Balaban J connectivity index is 1.63. The molecule has 250 valence electrons. The predicted octanol–water partition coefficient (Wildman–Crippen LogP) is 7.71. The molecule has 47 heavy (non-hydrogen) atoms. The normalized spacial score (nSPS) is 18.7. The smallest absolute Gasteiger partial charge is 0.326 e. The van der Waals surface area contributed by atoms with Gasteiger partial charge in [0.05, 0.1) is 24.8 Å². The first-order valence-corrected chi connectivity index (χ1v) is 17.0. The van der Waals surface area contributed by atoms with Crippen LogP contribution in [-0.4, -0.2) is 90.8 Å². The monoisotopic (exact) mass is 697 g/mol. The van der Waals surface area contributed by atoms with Gasteiger partial charge in [-0.2, -0.15) is 0 Å². The Labute approximate surface area is 292 Å². The van der Waals surface area contributed by atoms with Crippen LogP contribution in [0.3, 0.4) is 0 Å². The van der Waals surface area contributed by atoms with Gasteiger partial charge in [-0.3, -0.25) is 19.6 Å². The number of rotatable bonds is 7. The van der Waals surface area contributed by atoms with E-state index >= 15 is 0 Å². The minimum atomic E-state index is -0.500. The van der Waals surface area contributed by atoms with Gasteiger partial charge in [-0.1, -0.05) is 79.8 Å². The van der Waals surface area contributed by atoms with Crippen molar-refractivity contribution in [2.24, 2.45) is 4.99 Å². The number of ether oxygens (including phenoxy) is 1. The van der Waals surface area contributed by atoms with Gasteiger partial charge in [0.1, 0.15) is 17.6 Å². The summed E-state index contributed by atoms with van der Waals surface area (Å²) in [5.41, 5.74) is 3.13. The number of amides is 3. The minimum Gasteiger partial charge on any atom is -0.493 e. The van der Waals surface area contributed by atoms with Crippen LogP contribution >= 0.6 is 34.8 Å². The third-order valence-corrected chi connectivity index (χ3v) is 9.43. The second-order valence-corrected chi connectivity index (χ2v) is 14.4. The Hall–Kier alpha value is -3.30. The van der Waals surface area contributed by atoms with Crippen molar-refractivity contribution in [1.82, 2.24) is 19.6 Å². The summed E-state index contributed by atoms with van der Waals surface area (Å²) in [4.78, 5) is 39.8. The van der Waals surface area contributed by atoms with Crippen LogP contribution in [0.5, 0.6) is 5.75 Å². The molecule has 3 aromatic rings. The Morgan fingerprint density at radius 2 is 1.47 bits per heavy atom. The van der Waals surface area contributed by atoms with Crippen LogP contribution in [0.4, 0.5) is 4.79 Å². The van der Waals surface area contributed by atoms with E-state index in [1.165, 1.54) is 0 Å². The number of carbonyl (C=O) groups excluding carboxylic acids is 2. The third kappa shape index (κ3) is 7.72. The van der Waals surface area contributed by atoms with Gasteiger partial charge in [0, 0.05) is 55.3 Å². The van der Waals surface area contributed by atoms with Crippen molar-refractivity contribution in [2.45, 2.75) is 45.2 Å². The van der Waals surface area contributed by atoms with Gasteiger partial charge >= 0.3 is 6.03 Å². The summed E-state index contributed by atoms with van der Waals surface area (Å²) >= 11 is 19.6. The molecule has 2 aliphatic rings. The fourth-order valence-corrected chi connectivity index (χ4v) is 6.71. The highest BCUT2D eigenvalue weighted by atomic mass is 35.5. The van der Waals surface area contributed by atoms with Gasteiger partial charge < -0.3 is 14.5 Å². The van der Waals surface area contributed by atoms with Crippen LogP contribution in [0, 0.1) is 0 Å². The number of amidine groups is 1. The van der Waals surface area contributed by atoms with Crippen molar-refractivity contribution in [2.75, 3.05) is 53.4 Å². The lowest BCUT2D eigenvalue weighted by molar-refractivity contribution is -0.130. The van der Waals surface area contributed by atoms with Crippen molar-refractivity contribution < 1.29 is 14.3 Å². The molecule has 3 aromatic carbocycles. The molecule has 8 nitrogen and oxygen atoms in total. The number of aliphatic imine (C=N–C) groups is 1. The molecule has 0 spiro atoms. The fraction of sp³-hybridized carbons (Fsp3) is 0.417. The summed E-state index contributed by atoms with van der Waals surface area (Å²) in [7, 11) is 3.50. The predicted molar refractivity (Wildman–Crippen MR) is 190 cm³/mol. The lowest BCUT2D eigenvalue weighted by Gasteiger charge is -2.39.